The molecule has 2 heterocycles. The van der Waals surface area contributed by atoms with Gasteiger partial charge in [-0.1, -0.05) is 5.21 Å². The smallest absolute Gasteiger partial charge is 0.358 e. The third kappa shape index (κ3) is 2.06. The molecule has 0 unspecified atom stereocenters. The molecule has 18 heavy (non-hydrogen) atoms. The maximum atomic E-state index is 12.4. The van der Waals surface area contributed by atoms with E-state index < -0.39 is 18.9 Å². The Labute approximate surface area is 99.7 Å². The van der Waals surface area contributed by atoms with E-state index in [-0.39, 0.29) is 11.4 Å². The normalized spacial score (nSPS) is 11.1. The molecule has 0 aliphatic rings. The molecular formula is C9H9F2N5O2. The van der Waals surface area contributed by atoms with E-state index in [9.17, 15) is 13.6 Å². The van der Waals surface area contributed by atoms with Crippen LogP contribution >= 0.6 is 0 Å². The minimum absolute atomic E-state index is 0.0165. The highest BCUT2D eigenvalue weighted by molar-refractivity contribution is 5.92. The molecule has 2 rings (SSSR count). The summed E-state index contributed by atoms with van der Waals surface area (Å²) in [6, 6.07) is 0. The van der Waals surface area contributed by atoms with E-state index in [1.165, 1.54) is 17.1 Å². The van der Waals surface area contributed by atoms with Gasteiger partial charge in [-0.15, -0.1) is 5.10 Å². The molecule has 0 aromatic carbocycles. The molecule has 0 amide bonds. The van der Waals surface area contributed by atoms with E-state index in [0.717, 1.165) is 4.68 Å². The van der Waals surface area contributed by atoms with Crippen molar-refractivity contribution in [2.45, 2.75) is 13.0 Å². The predicted octanol–water partition coefficient (Wildman–Crippen LogP) is 0.642. The number of rotatable bonds is 4. The number of hydrogen-bond donors (Lipinski definition) is 1. The maximum absolute atomic E-state index is 12.4. The van der Waals surface area contributed by atoms with Crippen molar-refractivity contribution in [3.8, 4) is 11.4 Å². The Morgan fingerprint density at radius 1 is 1.56 bits per heavy atom. The van der Waals surface area contributed by atoms with Gasteiger partial charge in [0.15, 0.2) is 5.69 Å². The van der Waals surface area contributed by atoms with Gasteiger partial charge in [-0.05, 0) is 0 Å². The molecule has 2 aromatic heterocycles. The molecular weight excluding hydrogens is 248 g/mol. The van der Waals surface area contributed by atoms with Gasteiger partial charge in [-0.25, -0.2) is 23.2 Å². The van der Waals surface area contributed by atoms with Gasteiger partial charge in [0.05, 0.1) is 18.2 Å². The van der Waals surface area contributed by atoms with Crippen molar-refractivity contribution in [3.05, 3.63) is 18.2 Å². The molecule has 0 radical (unpaired) electrons. The first-order valence-corrected chi connectivity index (χ1v) is 4.92. The SMILES string of the molecule is Cn1cncc1-c1c(C(=O)O)nnn1CC(F)F. The van der Waals surface area contributed by atoms with E-state index in [0.29, 0.717) is 5.69 Å². The molecule has 0 spiro atoms. The fourth-order valence-corrected chi connectivity index (χ4v) is 1.55. The van der Waals surface area contributed by atoms with Gasteiger partial charge < -0.3 is 9.67 Å². The van der Waals surface area contributed by atoms with Crippen LogP contribution in [0.25, 0.3) is 11.4 Å². The van der Waals surface area contributed by atoms with Crippen molar-refractivity contribution in [2.75, 3.05) is 0 Å². The van der Waals surface area contributed by atoms with Crippen molar-refractivity contribution < 1.29 is 18.7 Å². The van der Waals surface area contributed by atoms with Gasteiger partial charge in [0.2, 0.25) is 0 Å². The molecule has 0 aliphatic carbocycles. The van der Waals surface area contributed by atoms with Crippen molar-refractivity contribution in [2.24, 2.45) is 7.05 Å². The molecule has 0 atom stereocenters. The standard InChI is InChI=1S/C9H9F2N5O2/c1-15-4-12-2-5(15)8-7(9(17)18)13-14-16(8)3-6(10)11/h2,4,6H,3H2,1H3,(H,17,18). The van der Waals surface area contributed by atoms with Crippen LogP contribution in [0.5, 0.6) is 0 Å². The lowest BCUT2D eigenvalue weighted by Crippen LogP contribution is -2.11. The zero-order valence-electron chi connectivity index (χ0n) is 9.29. The first-order chi connectivity index (χ1) is 8.50. The molecule has 0 fully saturated rings. The van der Waals surface area contributed by atoms with Gasteiger partial charge >= 0.3 is 5.97 Å². The minimum atomic E-state index is -2.65. The highest BCUT2D eigenvalue weighted by atomic mass is 19.3. The van der Waals surface area contributed by atoms with Crippen LogP contribution in [0.3, 0.4) is 0 Å². The van der Waals surface area contributed by atoms with Gasteiger partial charge in [0.25, 0.3) is 6.43 Å². The van der Waals surface area contributed by atoms with Crippen molar-refractivity contribution >= 4 is 5.97 Å². The number of carboxylic acids is 1. The van der Waals surface area contributed by atoms with Crippen LogP contribution in [0.4, 0.5) is 8.78 Å². The van der Waals surface area contributed by atoms with E-state index in [2.05, 4.69) is 15.3 Å². The summed E-state index contributed by atoms with van der Waals surface area (Å²) < 4.78 is 27.2. The van der Waals surface area contributed by atoms with Crippen molar-refractivity contribution in [1.82, 2.24) is 24.5 Å². The van der Waals surface area contributed by atoms with Crippen LogP contribution in [-0.2, 0) is 13.6 Å². The Balaban J connectivity index is 2.57. The lowest BCUT2D eigenvalue weighted by atomic mass is 10.2. The second kappa shape index (κ2) is 4.51. The van der Waals surface area contributed by atoms with Crippen molar-refractivity contribution in [1.29, 1.82) is 0 Å². The maximum Gasteiger partial charge on any atom is 0.358 e. The number of halogens is 2. The quantitative estimate of drug-likeness (QED) is 0.868. The van der Waals surface area contributed by atoms with Crippen LogP contribution in [0.15, 0.2) is 12.5 Å². The Bertz CT molecular complexity index is 577. The highest BCUT2D eigenvalue weighted by Crippen LogP contribution is 2.22. The number of imidazole rings is 1. The second-order valence-electron chi connectivity index (χ2n) is 3.55. The summed E-state index contributed by atoms with van der Waals surface area (Å²) in [5.41, 5.74) is 0.0000926. The van der Waals surface area contributed by atoms with Crippen LogP contribution in [-0.4, -0.2) is 42.0 Å². The number of aromatic nitrogens is 5. The minimum Gasteiger partial charge on any atom is -0.476 e. The van der Waals surface area contributed by atoms with Crippen LogP contribution in [0.2, 0.25) is 0 Å². The molecule has 2 aromatic rings. The monoisotopic (exact) mass is 257 g/mol. The second-order valence-corrected chi connectivity index (χ2v) is 3.55. The first-order valence-electron chi connectivity index (χ1n) is 4.92. The van der Waals surface area contributed by atoms with E-state index >= 15 is 0 Å². The third-order valence-electron chi connectivity index (χ3n) is 2.31. The molecule has 1 N–H and O–H groups in total. The number of hydrogen-bond acceptors (Lipinski definition) is 4. The number of carbonyl (C=O) groups is 1. The lowest BCUT2D eigenvalue weighted by Gasteiger charge is -2.06. The summed E-state index contributed by atoms with van der Waals surface area (Å²) in [6.45, 7) is -0.721. The van der Waals surface area contributed by atoms with E-state index in [1.54, 1.807) is 7.05 Å². The zero-order chi connectivity index (χ0) is 13.3. The molecule has 96 valence electrons. The van der Waals surface area contributed by atoms with Crippen LogP contribution in [0, 0.1) is 0 Å². The highest BCUT2D eigenvalue weighted by Gasteiger charge is 2.24. The average molecular weight is 257 g/mol. The van der Waals surface area contributed by atoms with Gasteiger partial charge in [-0.3, -0.25) is 0 Å². The molecule has 7 nitrogen and oxygen atoms in total. The number of nitrogens with zero attached hydrogens (tertiary/aromatic N) is 5. The number of alkyl halides is 2. The number of carboxylic acid groups (broad SMARTS) is 1. The molecule has 0 bridgehead atoms. The Kier molecular flexibility index (Phi) is 3.04. The Morgan fingerprint density at radius 2 is 2.28 bits per heavy atom. The van der Waals surface area contributed by atoms with Gasteiger partial charge in [0.1, 0.15) is 12.2 Å². The topological polar surface area (TPSA) is 85.8 Å². The summed E-state index contributed by atoms with van der Waals surface area (Å²) in [7, 11) is 1.62. The molecule has 0 aliphatic heterocycles. The van der Waals surface area contributed by atoms with Gasteiger partial charge in [-0.2, -0.15) is 0 Å². The molecule has 9 heteroatoms. The fraction of sp³-hybridized carbons (Fsp3) is 0.333. The van der Waals surface area contributed by atoms with E-state index in [4.69, 9.17) is 5.11 Å². The largest absolute Gasteiger partial charge is 0.476 e. The summed E-state index contributed by atoms with van der Waals surface area (Å²) in [6.07, 6.45) is 0.147. The number of aromatic carboxylic acids is 1. The number of aryl methyl sites for hydroxylation is 1. The Morgan fingerprint density at radius 3 is 2.78 bits per heavy atom. The summed E-state index contributed by atoms with van der Waals surface area (Å²) >= 11 is 0. The summed E-state index contributed by atoms with van der Waals surface area (Å²) in [4.78, 5) is 14.8. The van der Waals surface area contributed by atoms with E-state index in [1.807, 2.05) is 0 Å². The van der Waals surface area contributed by atoms with Crippen LogP contribution < -0.4 is 0 Å². The lowest BCUT2D eigenvalue weighted by molar-refractivity contribution is 0.0691. The summed E-state index contributed by atoms with van der Waals surface area (Å²) in [5.74, 6) is -1.33. The zero-order valence-corrected chi connectivity index (χ0v) is 9.29. The third-order valence-corrected chi connectivity index (χ3v) is 2.31. The average Bonchev–Trinajstić information content (AvgIpc) is 2.83. The predicted molar refractivity (Wildman–Crippen MR) is 55.2 cm³/mol. The van der Waals surface area contributed by atoms with Crippen molar-refractivity contribution in [3.63, 3.8) is 0 Å². The van der Waals surface area contributed by atoms with Crippen LogP contribution in [0.1, 0.15) is 10.5 Å². The Hall–Kier alpha value is -2.32. The summed E-state index contributed by atoms with van der Waals surface area (Å²) in [5, 5.41) is 15.8. The fourth-order valence-electron chi connectivity index (χ4n) is 1.55. The molecule has 0 saturated carbocycles. The molecule has 0 saturated heterocycles. The first kappa shape index (κ1) is 12.1. The van der Waals surface area contributed by atoms with Gasteiger partial charge in [0, 0.05) is 7.05 Å².